The number of carboxylic acid groups (broad SMARTS) is 1. The number of amides is 2. The van der Waals surface area contributed by atoms with E-state index >= 15 is 0 Å². The molecular weight excluding hydrogens is 497 g/mol. The first kappa shape index (κ1) is 25.9. The summed E-state index contributed by atoms with van der Waals surface area (Å²) in [5, 5.41) is 13.7. The van der Waals surface area contributed by atoms with Gasteiger partial charge in [-0.2, -0.15) is 0 Å². The molecule has 2 amide bonds. The molecule has 1 fully saturated rings. The van der Waals surface area contributed by atoms with E-state index in [1.807, 2.05) is 0 Å². The number of benzene rings is 2. The predicted octanol–water partition coefficient (Wildman–Crippen LogP) is 3.69. The Hall–Kier alpha value is -3.21. The van der Waals surface area contributed by atoms with Crippen LogP contribution in [0.5, 0.6) is 5.75 Å². The molecule has 1 aliphatic carbocycles. The van der Waals surface area contributed by atoms with Crippen molar-refractivity contribution in [2.75, 3.05) is 13.1 Å². The molecule has 4 rings (SSSR count). The van der Waals surface area contributed by atoms with E-state index in [1.165, 1.54) is 17.8 Å². The number of carboxylic acids is 1. The highest BCUT2D eigenvalue weighted by molar-refractivity contribution is 8.01. The van der Waals surface area contributed by atoms with E-state index in [-0.39, 0.29) is 37.0 Å². The van der Waals surface area contributed by atoms with Gasteiger partial charge in [-0.15, -0.1) is 11.8 Å². The van der Waals surface area contributed by atoms with Crippen molar-refractivity contribution < 1.29 is 37.4 Å². The van der Waals surface area contributed by atoms with E-state index in [4.69, 9.17) is 9.84 Å². The molecule has 7 nitrogen and oxygen atoms in total. The van der Waals surface area contributed by atoms with E-state index in [0.717, 1.165) is 17.0 Å². The SMILES string of the molecule is O=C(NCCNC(=O)C1Cc2c(F)cccc2S1)c1cc(F)c(O[C@H]2CC[C@@H](C(=O)O)CC2)cc1F. The van der Waals surface area contributed by atoms with E-state index < -0.39 is 46.3 Å². The molecule has 1 saturated carbocycles. The lowest BCUT2D eigenvalue weighted by Gasteiger charge is -2.27. The van der Waals surface area contributed by atoms with Crippen molar-refractivity contribution in [3.05, 3.63) is 58.9 Å². The monoisotopic (exact) mass is 522 g/mol. The Morgan fingerprint density at radius 3 is 2.39 bits per heavy atom. The lowest BCUT2D eigenvalue weighted by Crippen LogP contribution is -2.38. The number of aliphatic carboxylic acids is 1. The topological polar surface area (TPSA) is 105 Å². The first-order valence-corrected chi connectivity index (χ1v) is 12.5. The molecule has 11 heteroatoms. The molecule has 2 aromatic rings. The smallest absolute Gasteiger partial charge is 0.306 e. The number of rotatable bonds is 8. The summed E-state index contributed by atoms with van der Waals surface area (Å²) in [6.07, 6.45) is 1.44. The zero-order chi connectivity index (χ0) is 25.8. The quantitative estimate of drug-likeness (QED) is 0.457. The van der Waals surface area contributed by atoms with Gasteiger partial charge in [0.05, 0.1) is 22.8 Å². The van der Waals surface area contributed by atoms with Gasteiger partial charge in [0.15, 0.2) is 11.6 Å². The number of carbonyl (C=O) groups is 3. The van der Waals surface area contributed by atoms with Gasteiger partial charge in [-0.1, -0.05) is 6.07 Å². The van der Waals surface area contributed by atoms with Crippen LogP contribution in [0.3, 0.4) is 0 Å². The van der Waals surface area contributed by atoms with Crippen LogP contribution in [-0.2, 0) is 16.0 Å². The van der Waals surface area contributed by atoms with Crippen molar-refractivity contribution in [3.8, 4) is 5.75 Å². The van der Waals surface area contributed by atoms with Crippen LogP contribution in [0.2, 0.25) is 0 Å². The average Bonchev–Trinajstić information content (AvgIpc) is 3.30. The van der Waals surface area contributed by atoms with Gasteiger partial charge in [-0.25, -0.2) is 13.2 Å². The fourth-order valence-electron chi connectivity index (χ4n) is 4.34. The summed E-state index contributed by atoms with van der Waals surface area (Å²) in [7, 11) is 0. The molecule has 1 heterocycles. The fourth-order valence-corrected chi connectivity index (χ4v) is 5.57. The van der Waals surface area contributed by atoms with Gasteiger partial charge in [0.1, 0.15) is 11.6 Å². The summed E-state index contributed by atoms with van der Waals surface area (Å²) in [6, 6.07) is 6.25. The van der Waals surface area contributed by atoms with E-state index in [1.54, 1.807) is 12.1 Å². The van der Waals surface area contributed by atoms with Gasteiger partial charge in [-0.05, 0) is 50.3 Å². The first-order chi connectivity index (χ1) is 17.2. The lowest BCUT2D eigenvalue weighted by atomic mass is 9.87. The highest BCUT2D eigenvalue weighted by atomic mass is 32.2. The Labute approximate surface area is 209 Å². The van der Waals surface area contributed by atoms with Crippen molar-refractivity contribution >= 4 is 29.5 Å². The zero-order valence-corrected chi connectivity index (χ0v) is 20.0. The van der Waals surface area contributed by atoms with Gasteiger partial charge in [0.25, 0.3) is 5.91 Å². The van der Waals surface area contributed by atoms with Crippen molar-refractivity contribution in [1.29, 1.82) is 0 Å². The minimum absolute atomic E-state index is 0.0185. The summed E-state index contributed by atoms with van der Waals surface area (Å²) < 4.78 is 48.4. The summed E-state index contributed by atoms with van der Waals surface area (Å²) in [5.41, 5.74) is 0.00635. The number of hydrogen-bond acceptors (Lipinski definition) is 5. The van der Waals surface area contributed by atoms with Gasteiger partial charge in [0, 0.05) is 29.6 Å². The van der Waals surface area contributed by atoms with Crippen LogP contribution in [-0.4, -0.2) is 47.3 Å². The van der Waals surface area contributed by atoms with Crippen LogP contribution < -0.4 is 15.4 Å². The predicted molar refractivity (Wildman–Crippen MR) is 125 cm³/mol. The Bertz CT molecular complexity index is 1170. The third-order valence-corrected chi connectivity index (χ3v) is 7.62. The fraction of sp³-hybridized carbons (Fsp3) is 0.400. The molecular formula is C25H25F3N2O5S. The molecule has 192 valence electrons. The van der Waals surface area contributed by atoms with Crippen LogP contribution in [0.1, 0.15) is 41.6 Å². The number of nitrogens with one attached hydrogen (secondary N) is 2. The van der Waals surface area contributed by atoms with E-state index in [9.17, 15) is 27.6 Å². The Morgan fingerprint density at radius 1 is 0.972 bits per heavy atom. The molecule has 0 radical (unpaired) electrons. The molecule has 3 N–H and O–H groups in total. The Morgan fingerprint density at radius 2 is 1.69 bits per heavy atom. The maximum Gasteiger partial charge on any atom is 0.306 e. The first-order valence-electron chi connectivity index (χ1n) is 11.6. The van der Waals surface area contributed by atoms with Crippen LogP contribution in [0.4, 0.5) is 13.2 Å². The number of halogens is 3. The molecule has 0 bridgehead atoms. The number of ether oxygens (including phenoxy) is 1. The second-order valence-corrected chi connectivity index (χ2v) is 10.0. The van der Waals surface area contributed by atoms with Gasteiger partial charge in [-0.3, -0.25) is 14.4 Å². The second kappa shape index (κ2) is 11.2. The summed E-state index contributed by atoms with van der Waals surface area (Å²) in [5.74, 6) is -5.03. The van der Waals surface area contributed by atoms with E-state index in [0.29, 0.717) is 31.2 Å². The molecule has 1 aliphatic heterocycles. The molecule has 2 aliphatic rings. The van der Waals surface area contributed by atoms with Gasteiger partial charge >= 0.3 is 5.97 Å². The molecule has 2 aromatic carbocycles. The minimum atomic E-state index is -0.964. The summed E-state index contributed by atoms with van der Waals surface area (Å²) in [6.45, 7) is 0.0418. The number of hydrogen-bond donors (Lipinski definition) is 3. The zero-order valence-electron chi connectivity index (χ0n) is 19.2. The largest absolute Gasteiger partial charge is 0.487 e. The lowest BCUT2D eigenvalue weighted by molar-refractivity contribution is -0.143. The average molecular weight is 523 g/mol. The summed E-state index contributed by atoms with van der Waals surface area (Å²) >= 11 is 1.27. The standard InChI is InChI=1S/C25H25F3N2O5S/c26-17-2-1-3-21-15(17)11-22(36-21)24(32)30-9-8-29-23(31)16-10-19(28)20(12-18(16)27)35-14-6-4-13(5-7-14)25(33)34/h1-3,10,12-14,22H,4-9,11H2,(H,29,31)(H,30,32)(H,33,34)/t13-,14+,22?. The molecule has 1 unspecified atom stereocenters. The maximum atomic E-state index is 14.5. The second-order valence-electron chi connectivity index (χ2n) is 8.77. The third-order valence-electron chi connectivity index (χ3n) is 6.32. The van der Waals surface area contributed by atoms with Crippen LogP contribution in [0.15, 0.2) is 35.2 Å². The normalized spacial score (nSPS) is 20.9. The minimum Gasteiger partial charge on any atom is -0.487 e. The molecule has 0 saturated heterocycles. The van der Waals surface area contributed by atoms with Crippen LogP contribution in [0.25, 0.3) is 0 Å². The van der Waals surface area contributed by atoms with Gasteiger partial charge in [0.2, 0.25) is 5.91 Å². The molecule has 0 spiro atoms. The maximum absolute atomic E-state index is 14.5. The third kappa shape index (κ3) is 5.95. The van der Waals surface area contributed by atoms with Gasteiger partial charge < -0.3 is 20.5 Å². The highest BCUT2D eigenvalue weighted by Crippen LogP contribution is 2.38. The van der Waals surface area contributed by atoms with Crippen molar-refractivity contribution in [2.24, 2.45) is 5.92 Å². The van der Waals surface area contributed by atoms with Crippen LogP contribution >= 0.6 is 11.8 Å². The van der Waals surface area contributed by atoms with Crippen molar-refractivity contribution in [1.82, 2.24) is 10.6 Å². The Kier molecular flexibility index (Phi) is 8.07. The van der Waals surface area contributed by atoms with Crippen molar-refractivity contribution in [2.45, 2.75) is 48.4 Å². The number of thioether (sulfide) groups is 1. The van der Waals surface area contributed by atoms with E-state index in [2.05, 4.69) is 10.6 Å². The van der Waals surface area contributed by atoms with Crippen molar-refractivity contribution in [3.63, 3.8) is 0 Å². The molecule has 1 atom stereocenters. The number of carbonyl (C=O) groups excluding carboxylic acids is 2. The highest BCUT2D eigenvalue weighted by Gasteiger charge is 2.30. The number of fused-ring (bicyclic) bond motifs is 1. The molecule has 36 heavy (non-hydrogen) atoms. The Balaban J connectivity index is 1.24. The molecule has 0 aromatic heterocycles. The van der Waals surface area contributed by atoms with Crippen LogP contribution in [0, 0.1) is 23.4 Å². The summed E-state index contributed by atoms with van der Waals surface area (Å²) in [4.78, 5) is 36.5.